The number of fused-ring (bicyclic) bond motifs is 6. The first-order valence-corrected chi connectivity index (χ1v) is 17.6. The lowest BCUT2D eigenvalue weighted by atomic mass is 9.92. The first kappa shape index (κ1) is 29.8. The van der Waals surface area contributed by atoms with Gasteiger partial charge in [-0.15, -0.1) is 0 Å². The first-order valence-electron chi connectivity index (χ1n) is 17.6. The molecular weight excluding hydrogens is 633 g/mol. The number of imidazole rings is 1. The maximum absolute atomic E-state index is 5.52. The third-order valence-corrected chi connectivity index (χ3v) is 9.91. The van der Waals surface area contributed by atoms with Crippen molar-refractivity contribution in [1.29, 1.82) is 0 Å². The van der Waals surface area contributed by atoms with Crippen molar-refractivity contribution in [3.05, 3.63) is 194 Å². The maximum Gasteiger partial charge on any atom is 0.145 e. The van der Waals surface area contributed by atoms with Gasteiger partial charge >= 0.3 is 0 Å². The van der Waals surface area contributed by atoms with E-state index in [1.165, 1.54) is 5.39 Å². The molecule has 0 bridgehead atoms. The summed E-state index contributed by atoms with van der Waals surface area (Å²) in [5, 5.41) is 5.69. The van der Waals surface area contributed by atoms with Crippen LogP contribution in [0, 0.1) is 0 Å². The summed E-state index contributed by atoms with van der Waals surface area (Å²) in [6.45, 7) is 0. The van der Waals surface area contributed by atoms with Crippen molar-refractivity contribution in [3.63, 3.8) is 0 Å². The van der Waals surface area contributed by atoms with Crippen LogP contribution in [0.25, 0.3) is 71.8 Å². The molecule has 0 N–H and O–H groups in total. The van der Waals surface area contributed by atoms with Crippen molar-refractivity contribution >= 4 is 60.5 Å². The van der Waals surface area contributed by atoms with Crippen LogP contribution in [0.15, 0.2) is 194 Å². The molecule has 0 unspecified atom stereocenters. The molecule has 10 rings (SSSR count). The number of para-hydroxylation sites is 5. The standard InChI is InChI=1S/C48H32N4/c1-5-17-33(18-6-1)47-46-44(51(36-20-7-2-8-21-36)37-22-9-3-10-23-37)32-34-19-13-14-26-39(34)45(46)40-31-35(29-30-41(40)49-47)48-50-42-27-15-16-28-43(42)52(48)38-24-11-4-12-25-38/h1-32H. The number of nitrogens with zero attached hydrogens (tertiary/aromatic N) is 4. The van der Waals surface area contributed by atoms with Crippen molar-refractivity contribution in [2.45, 2.75) is 0 Å². The number of benzene rings is 8. The first-order chi connectivity index (χ1) is 25.8. The van der Waals surface area contributed by atoms with Gasteiger partial charge in [0.15, 0.2) is 0 Å². The minimum absolute atomic E-state index is 0.894. The van der Waals surface area contributed by atoms with Crippen LogP contribution in [0.1, 0.15) is 0 Å². The molecule has 0 aliphatic rings. The zero-order chi connectivity index (χ0) is 34.4. The monoisotopic (exact) mass is 664 g/mol. The van der Waals surface area contributed by atoms with Gasteiger partial charge in [0.25, 0.3) is 0 Å². The van der Waals surface area contributed by atoms with Gasteiger partial charge < -0.3 is 4.90 Å². The number of pyridine rings is 1. The molecule has 0 saturated carbocycles. The Labute approximate surface area is 301 Å². The van der Waals surface area contributed by atoms with Crippen molar-refractivity contribution in [1.82, 2.24) is 14.5 Å². The average Bonchev–Trinajstić information content (AvgIpc) is 3.61. The van der Waals surface area contributed by atoms with E-state index in [1.807, 2.05) is 0 Å². The molecule has 4 nitrogen and oxygen atoms in total. The minimum atomic E-state index is 0.894. The fourth-order valence-electron chi connectivity index (χ4n) is 7.62. The van der Waals surface area contributed by atoms with E-state index < -0.39 is 0 Å². The fraction of sp³-hybridized carbons (Fsp3) is 0. The molecule has 8 aromatic carbocycles. The van der Waals surface area contributed by atoms with Crippen LogP contribution in [0.3, 0.4) is 0 Å². The van der Waals surface area contributed by atoms with Gasteiger partial charge in [-0.3, -0.25) is 4.57 Å². The largest absolute Gasteiger partial charge is 0.310 e. The quantitative estimate of drug-likeness (QED) is 0.166. The summed E-state index contributed by atoms with van der Waals surface area (Å²) in [7, 11) is 0. The summed E-state index contributed by atoms with van der Waals surface area (Å²) in [6.07, 6.45) is 0. The highest BCUT2D eigenvalue weighted by molar-refractivity contribution is 6.27. The van der Waals surface area contributed by atoms with Crippen LogP contribution in [0.2, 0.25) is 0 Å². The van der Waals surface area contributed by atoms with Gasteiger partial charge in [0, 0.05) is 44.3 Å². The topological polar surface area (TPSA) is 34.0 Å². The molecular formula is C48H32N4. The Kier molecular flexibility index (Phi) is 7.10. The molecule has 0 aliphatic carbocycles. The second-order valence-corrected chi connectivity index (χ2v) is 13.0. The van der Waals surface area contributed by atoms with Gasteiger partial charge in [-0.1, -0.05) is 121 Å². The van der Waals surface area contributed by atoms with Crippen molar-refractivity contribution < 1.29 is 0 Å². The normalized spacial score (nSPS) is 11.5. The molecule has 0 fully saturated rings. The van der Waals surface area contributed by atoms with Gasteiger partial charge in [-0.25, -0.2) is 9.97 Å². The van der Waals surface area contributed by atoms with Crippen molar-refractivity contribution in [2.75, 3.05) is 4.90 Å². The van der Waals surface area contributed by atoms with E-state index in [2.05, 4.69) is 204 Å². The zero-order valence-corrected chi connectivity index (χ0v) is 28.3. The molecule has 0 saturated heterocycles. The molecule has 0 amide bonds. The fourth-order valence-corrected chi connectivity index (χ4v) is 7.62. The molecule has 0 aliphatic heterocycles. The summed E-state index contributed by atoms with van der Waals surface area (Å²) in [4.78, 5) is 13.1. The summed E-state index contributed by atoms with van der Waals surface area (Å²) in [5.74, 6) is 0.894. The van der Waals surface area contributed by atoms with Gasteiger partial charge in [0.1, 0.15) is 5.82 Å². The highest BCUT2D eigenvalue weighted by Crippen LogP contribution is 2.47. The highest BCUT2D eigenvalue weighted by atomic mass is 15.1. The van der Waals surface area contributed by atoms with E-state index in [4.69, 9.17) is 9.97 Å². The van der Waals surface area contributed by atoms with Gasteiger partial charge in [0.2, 0.25) is 0 Å². The molecule has 0 spiro atoms. The molecule has 10 aromatic rings. The summed E-state index contributed by atoms with van der Waals surface area (Å²) < 4.78 is 2.26. The Balaban J connectivity index is 1.36. The number of anilines is 3. The van der Waals surface area contributed by atoms with E-state index in [1.54, 1.807) is 0 Å². The lowest BCUT2D eigenvalue weighted by Gasteiger charge is -2.28. The molecule has 4 heteroatoms. The highest BCUT2D eigenvalue weighted by Gasteiger charge is 2.23. The van der Waals surface area contributed by atoms with Gasteiger partial charge in [0.05, 0.1) is 27.9 Å². The van der Waals surface area contributed by atoms with E-state index in [0.717, 1.165) is 83.5 Å². The Hall–Kier alpha value is -7.04. The smallest absolute Gasteiger partial charge is 0.145 e. The lowest BCUT2D eigenvalue weighted by molar-refractivity contribution is 1.10. The van der Waals surface area contributed by atoms with Crippen molar-refractivity contribution in [3.8, 4) is 28.3 Å². The predicted molar refractivity (Wildman–Crippen MR) is 217 cm³/mol. The van der Waals surface area contributed by atoms with E-state index >= 15 is 0 Å². The van der Waals surface area contributed by atoms with Crippen LogP contribution in [0.4, 0.5) is 17.1 Å². The van der Waals surface area contributed by atoms with Crippen LogP contribution < -0.4 is 4.90 Å². The summed E-state index contributed by atoms with van der Waals surface area (Å²) >= 11 is 0. The second-order valence-electron chi connectivity index (χ2n) is 13.0. The molecule has 2 heterocycles. The van der Waals surface area contributed by atoms with Crippen LogP contribution in [-0.2, 0) is 0 Å². The molecule has 0 atom stereocenters. The average molecular weight is 665 g/mol. The zero-order valence-electron chi connectivity index (χ0n) is 28.3. The number of rotatable bonds is 6. The molecule has 52 heavy (non-hydrogen) atoms. The Morgan fingerprint density at radius 3 is 1.77 bits per heavy atom. The predicted octanol–water partition coefficient (Wildman–Crippen LogP) is 12.7. The maximum atomic E-state index is 5.52. The third kappa shape index (κ3) is 4.92. The third-order valence-electron chi connectivity index (χ3n) is 9.91. The van der Waals surface area contributed by atoms with E-state index in [0.29, 0.717) is 0 Å². The molecule has 0 radical (unpaired) electrons. The van der Waals surface area contributed by atoms with Gasteiger partial charge in [-0.2, -0.15) is 0 Å². The number of hydrogen-bond acceptors (Lipinski definition) is 3. The van der Waals surface area contributed by atoms with Crippen molar-refractivity contribution in [2.24, 2.45) is 0 Å². The van der Waals surface area contributed by atoms with Crippen LogP contribution in [0.5, 0.6) is 0 Å². The number of aromatic nitrogens is 3. The van der Waals surface area contributed by atoms with E-state index in [-0.39, 0.29) is 0 Å². The summed E-state index contributed by atoms with van der Waals surface area (Å²) in [5.41, 5.74) is 10.3. The second kappa shape index (κ2) is 12.4. The Morgan fingerprint density at radius 2 is 1.04 bits per heavy atom. The van der Waals surface area contributed by atoms with Crippen LogP contribution in [-0.4, -0.2) is 14.5 Å². The van der Waals surface area contributed by atoms with Gasteiger partial charge in [-0.05, 0) is 83.6 Å². The summed E-state index contributed by atoms with van der Waals surface area (Å²) in [6, 6.07) is 68.4. The number of hydrogen-bond donors (Lipinski definition) is 0. The molecule has 2 aromatic heterocycles. The SMILES string of the molecule is c1ccc(-c2nc3ccc(-c4nc5ccccc5n4-c4ccccc4)cc3c3c2c(N(c2ccccc2)c2ccccc2)cc2ccccc23)cc1. The van der Waals surface area contributed by atoms with Crippen LogP contribution >= 0.6 is 0 Å². The molecule has 244 valence electrons. The Bertz CT molecular complexity index is 2840. The lowest BCUT2D eigenvalue weighted by Crippen LogP contribution is -2.11. The Morgan fingerprint density at radius 1 is 0.423 bits per heavy atom. The van der Waals surface area contributed by atoms with E-state index in [9.17, 15) is 0 Å². The minimum Gasteiger partial charge on any atom is -0.310 e.